The number of likely N-dealkylation sites (tertiary alicyclic amines) is 1. The first-order chi connectivity index (χ1) is 13.6. The molecule has 6 heteroatoms. The summed E-state index contributed by atoms with van der Waals surface area (Å²) in [5.41, 5.74) is 2.26. The normalized spacial score (nSPS) is 18.8. The van der Waals surface area contributed by atoms with E-state index >= 15 is 0 Å². The lowest BCUT2D eigenvalue weighted by Crippen LogP contribution is -2.29. The Hall–Kier alpha value is -2.86. The number of nitrogens with zero attached hydrogens (tertiary/aromatic N) is 2. The van der Waals surface area contributed by atoms with Crippen molar-refractivity contribution in [1.29, 1.82) is 0 Å². The van der Waals surface area contributed by atoms with Gasteiger partial charge >= 0.3 is 0 Å². The number of allylic oxidation sites excluding steroid dienone is 1. The number of pyridine rings is 1. The van der Waals surface area contributed by atoms with Crippen molar-refractivity contribution in [3.05, 3.63) is 53.0 Å². The van der Waals surface area contributed by atoms with Crippen LogP contribution in [0.3, 0.4) is 0 Å². The van der Waals surface area contributed by atoms with Gasteiger partial charge in [-0.3, -0.25) is 9.78 Å². The average molecular weight is 380 g/mol. The van der Waals surface area contributed by atoms with Crippen molar-refractivity contribution in [1.82, 2.24) is 9.88 Å². The monoisotopic (exact) mass is 380 g/mol. The summed E-state index contributed by atoms with van der Waals surface area (Å²) in [6, 6.07) is 5.52. The maximum absolute atomic E-state index is 13.1. The van der Waals surface area contributed by atoms with E-state index in [0.717, 1.165) is 37.1 Å². The fraction of sp³-hybridized carbons (Fsp3) is 0.364. The van der Waals surface area contributed by atoms with Gasteiger partial charge in [0.25, 0.3) is 0 Å². The molecule has 0 aliphatic carbocycles. The van der Waals surface area contributed by atoms with Crippen molar-refractivity contribution in [3.63, 3.8) is 0 Å². The van der Waals surface area contributed by atoms with Gasteiger partial charge in [0.2, 0.25) is 5.78 Å². The number of fused-ring (bicyclic) bond motifs is 1. The maximum Gasteiger partial charge on any atom is 0.235 e. The standard InChI is InChI=1S/C22H24N2O4/c1-24-9-6-15(7-10-24)19-16(26-2)12-17(27-3)20-21(25)18(28-22(19)20)11-14-5-4-8-23-13-14/h4-5,8,11-13,15H,6-7,9-10H2,1-3H3/b18-11+. The Morgan fingerprint density at radius 2 is 1.96 bits per heavy atom. The number of ketones is 1. The number of benzene rings is 1. The Balaban J connectivity index is 1.81. The Labute approximate surface area is 164 Å². The van der Waals surface area contributed by atoms with Gasteiger partial charge in [-0.25, -0.2) is 0 Å². The van der Waals surface area contributed by atoms with Crippen molar-refractivity contribution in [2.45, 2.75) is 18.8 Å². The summed E-state index contributed by atoms with van der Waals surface area (Å²) in [6.07, 6.45) is 7.10. The van der Waals surface area contributed by atoms with E-state index < -0.39 is 0 Å². The highest BCUT2D eigenvalue weighted by molar-refractivity contribution is 6.16. The third-order valence-corrected chi connectivity index (χ3v) is 5.46. The summed E-state index contributed by atoms with van der Waals surface area (Å²) >= 11 is 0. The summed E-state index contributed by atoms with van der Waals surface area (Å²) < 4.78 is 17.3. The second kappa shape index (κ2) is 7.64. The van der Waals surface area contributed by atoms with Crippen LogP contribution in [0.4, 0.5) is 0 Å². The molecule has 0 saturated carbocycles. The van der Waals surface area contributed by atoms with E-state index in [1.165, 1.54) is 0 Å². The first kappa shape index (κ1) is 18.5. The summed E-state index contributed by atoms with van der Waals surface area (Å²) in [5.74, 6) is 2.14. The lowest BCUT2D eigenvalue weighted by atomic mass is 9.86. The molecule has 0 N–H and O–H groups in total. The molecular weight excluding hydrogens is 356 g/mol. The van der Waals surface area contributed by atoms with Gasteiger partial charge in [-0.05, 0) is 56.6 Å². The predicted molar refractivity (Wildman–Crippen MR) is 106 cm³/mol. The molecule has 0 spiro atoms. The zero-order chi connectivity index (χ0) is 19.7. The van der Waals surface area contributed by atoms with Crippen LogP contribution in [0.25, 0.3) is 6.08 Å². The Morgan fingerprint density at radius 1 is 1.21 bits per heavy atom. The number of rotatable bonds is 4. The van der Waals surface area contributed by atoms with Gasteiger partial charge in [0.05, 0.1) is 14.2 Å². The Bertz CT molecular complexity index is 916. The molecule has 4 rings (SSSR count). The largest absolute Gasteiger partial charge is 0.496 e. The molecule has 146 valence electrons. The minimum Gasteiger partial charge on any atom is -0.496 e. The van der Waals surface area contributed by atoms with Crippen molar-refractivity contribution in [2.24, 2.45) is 0 Å². The molecule has 0 amide bonds. The van der Waals surface area contributed by atoms with E-state index in [-0.39, 0.29) is 17.5 Å². The number of methoxy groups -OCH3 is 2. The molecule has 2 aromatic rings. The van der Waals surface area contributed by atoms with Gasteiger partial charge in [0, 0.05) is 24.0 Å². The minimum atomic E-state index is -0.174. The quantitative estimate of drug-likeness (QED) is 0.757. The molecule has 1 aromatic heterocycles. The van der Waals surface area contributed by atoms with E-state index in [9.17, 15) is 4.79 Å². The molecule has 1 aromatic carbocycles. The summed E-state index contributed by atoms with van der Waals surface area (Å²) in [4.78, 5) is 19.5. The number of hydrogen-bond donors (Lipinski definition) is 0. The molecule has 0 radical (unpaired) electrons. The van der Waals surface area contributed by atoms with E-state index in [4.69, 9.17) is 14.2 Å². The van der Waals surface area contributed by atoms with Crippen LogP contribution >= 0.6 is 0 Å². The van der Waals surface area contributed by atoms with Crippen LogP contribution in [0, 0.1) is 0 Å². The first-order valence-corrected chi connectivity index (χ1v) is 9.44. The number of carbonyl (C=O) groups is 1. The smallest absolute Gasteiger partial charge is 0.235 e. The van der Waals surface area contributed by atoms with E-state index in [1.54, 1.807) is 38.8 Å². The van der Waals surface area contributed by atoms with E-state index in [1.807, 2.05) is 12.1 Å². The lowest BCUT2D eigenvalue weighted by Gasteiger charge is -2.30. The molecule has 1 saturated heterocycles. The second-order valence-electron chi connectivity index (χ2n) is 7.20. The van der Waals surface area contributed by atoms with Gasteiger partial charge in [0.15, 0.2) is 5.76 Å². The molecule has 28 heavy (non-hydrogen) atoms. The summed E-state index contributed by atoms with van der Waals surface area (Å²) in [7, 11) is 5.32. The fourth-order valence-electron chi connectivity index (χ4n) is 3.95. The second-order valence-corrected chi connectivity index (χ2v) is 7.20. The Morgan fingerprint density at radius 3 is 2.61 bits per heavy atom. The average Bonchev–Trinajstić information content (AvgIpc) is 3.04. The lowest BCUT2D eigenvalue weighted by molar-refractivity contribution is 0.101. The highest BCUT2D eigenvalue weighted by Crippen LogP contribution is 2.50. The topological polar surface area (TPSA) is 60.9 Å². The van der Waals surface area contributed by atoms with Crippen LogP contribution in [0.15, 0.2) is 36.4 Å². The van der Waals surface area contributed by atoms with Gasteiger partial charge < -0.3 is 19.1 Å². The Kier molecular flexibility index (Phi) is 5.05. The van der Waals surface area contributed by atoms with Crippen LogP contribution in [0.1, 0.15) is 40.2 Å². The fourth-order valence-corrected chi connectivity index (χ4v) is 3.95. The number of Topliss-reactive ketones (excluding diaryl/α,β-unsaturated/α-hetero) is 1. The zero-order valence-corrected chi connectivity index (χ0v) is 16.4. The maximum atomic E-state index is 13.1. The number of aromatic nitrogens is 1. The molecular formula is C22H24N2O4. The third-order valence-electron chi connectivity index (χ3n) is 5.46. The number of hydrogen-bond acceptors (Lipinski definition) is 6. The molecule has 0 unspecified atom stereocenters. The number of carbonyl (C=O) groups excluding carboxylic acids is 1. The SMILES string of the molecule is COc1cc(OC)c(C2CCN(C)CC2)c2c1C(=O)/C(=C\c1cccnc1)O2. The van der Waals surface area contributed by atoms with Crippen LogP contribution in [-0.2, 0) is 0 Å². The van der Waals surface area contributed by atoms with Crippen molar-refractivity contribution in [2.75, 3.05) is 34.4 Å². The van der Waals surface area contributed by atoms with Gasteiger partial charge in [-0.15, -0.1) is 0 Å². The van der Waals surface area contributed by atoms with Gasteiger partial charge in [-0.1, -0.05) is 6.07 Å². The molecule has 2 aliphatic rings. The highest BCUT2D eigenvalue weighted by atomic mass is 16.5. The molecule has 2 aliphatic heterocycles. The van der Waals surface area contributed by atoms with E-state index in [2.05, 4.69) is 16.9 Å². The van der Waals surface area contributed by atoms with Crippen LogP contribution in [-0.4, -0.2) is 50.0 Å². The molecule has 3 heterocycles. The zero-order valence-electron chi connectivity index (χ0n) is 16.4. The van der Waals surface area contributed by atoms with Crippen molar-refractivity contribution in [3.8, 4) is 17.2 Å². The summed E-state index contributed by atoms with van der Waals surface area (Å²) in [6.45, 7) is 2.00. The highest BCUT2D eigenvalue weighted by Gasteiger charge is 2.38. The predicted octanol–water partition coefficient (Wildman–Crippen LogP) is 3.52. The summed E-state index contributed by atoms with van der Waals surface area (Å²) in [5, 5.41) is 0. The minimum absolute atomic E-state index is 0.174. The third kappa shape index (κ3) is 3.24. The van der Waals surface area contributed by atoms with Crippen LogP contribution < -0.4 is 14.2 Å². The van der Waals surface area contributed by atoms with Gasteiger partial charge in [0.1, 0.15) is 22.8 Å². The molecule has 0 bridgehead atoms. The van der Waals surface area contributed by atoms with E-state index in [0.29, 0.717) is 22.8 Å². The van der Waals surface area contributed by atoms with Crippen molar-refractivity contribution < 1.29 is 19.0 Å². The van der Waals surface area contributed by atoms with Crippen LogP contribution in [0.2, 0.25) is 0 Å². The molecule has 0 atom stereocenters. The number of piperidine rings is 1. The number of ether oxygens (including phenoxy) is 3. The molecule has 1 fully saturated rings. The van der Waals surface area contributed by atoms with Gasteiger partial charge in [-0.2, -0.15) is 0 Å². The van der Waals surface area contributed by atoms with Crippen LogP contribution in [0.5, 0.6) is 17.2 Å². The van der Waals surface area contributed by atoms with Crippen molar-refractivity contribution >= 4 is 11.9 Å². The molecule has 6 nitrogen and oxygen atoms in total. The first-order valence-electron chi connectivity index (χ1n) is 9.44.